The summed E-state index contributed by atoms with van der Waals surface area (Å²) in [5.41, 5.74) is 4.72. The number of rotatable bonds is 7. The van der Waals surface area contributed by atoms with Crippen molar-refractivity contribution in [2.24, 2.45) is 0 Å². The van der Waals surface area contributed by atoms with Crippen molar-refractivity contribution < 1.29 is 18.0 Å². The number of hydrogen-bond acceptors (Lipinski definition) is 5. The molecule has 13 heteroatoms. The second-order valence-corrected chi connectivity index (χ2v) is 11.0. The van der Waals surface area contributed by atoms with Gasteiger partial charge in [0.05, 0.1) is 15.8 Å². The number of anilines is 1. The molecule has 0 aliphatic carbocycles. The van der Waals surface area contributed by atoms with Gasteiger partial charge in [-0.25, -0.2) is 8.42 Å². The maximum atomic E-state index is 12.8. The Bertz CT molecular complexity index is 1340. The Hall–Kier alpha value is -2.14. The first-order valence-electron chi connectivity index (χ1n) is 9.30. The maximum absolute atomic E-state index is 12.8. The third-order valence-corrected chi connectivity index (χ3v) is 7.99. The van der Waals surface area contributed by atoms with Crippen molar-refractivity contribution in [3.8, 4) is 0 Å². The number of halogens is 4. The van der Waals surface area contributed by atoms with Crippen LogP contribution in [0.3, 0.4) is 0 Å². The van der Waals surface area contributed by atoms with Crippen molar-refractivity contribution in [2.75, 3.05) is 10.5 Å². The molecule has 0 unspecified atom stereocenters. The summed E-state index contributed by atoms with van der Waals surface area (Å²) in [6.07, 6.45) is 0. The van der Waals surface area contributed by atoms with Crippen molar-refractivity contribution in [3.63, 3.8) is 0 Å². The molecule has 2 amide bonds. The number of hydrogen-bond donors (Lipinski definition) is 3. The normalized spacial score (nSPS) is 11.1. The van der Waals surface area contributed by atoms with Crippen LogP contribution >= 0.6 is 58.2 Å². The Morgan fingerprint density at radius 2 is 1.44 bits per heavy atom. The Kier molecular flexibility index (Phi) is 8.97. The average molecular weight is 579 g/mol. The van der Waals surface area contributed by atoms with Crippen molar-refractivity contribution in [3.05, 3.63) is 86.3 Å². The summed E-state index contributed by atoms with van der Waals surface area (Å²) >= 11 is 25.0. The van der Waals surface area contributed by atoms with Crippen LogP contribution < -0.4 is 15.6 Å². The molecule has 0 aliphatic rings. The predicted octanol–water partition coefficient (Wildman–Crippen LogP) is 5.65. The van der Waals surface area contributed by atoms with Gasteiger partial charge in [0.15, 0.2) is 0 Å². The van der Waals surface area contributed by atoms with E-state index in [1.54, 1.807) is 18.2 Å². The molecule has 0 aromatic heterocycles. The molecular formula is C21H15Cl4N3O4S2. The van der Waals surface area contributed by atoms with Gasteiger partial charge in [0.1, 0.15) is 4.90 Å². The number of thioether (sulfide) groups is 1. The van der Waals surface area contributed by atoms with Gasteiger partial charge < -0.3 is 0 Å². The standard InChI is InChI=1S/C21H15Cl4N3O4S2/c22-13-2-5-15(6-3-13)28-34(31,32)19-9-12(1-7-17(19)25)21(30)27-26-20(29)11-33-18-10-14(23)4-8-16(18)24/h1-10,28H,11H2,(H,26,29)(H,27,30). The molecule has 0 saturated carbocycles. The van der Waals surface area contributed by atoms with Crippen LogP contribution in [0.4, 0.5) is 5.69 Å². The molecule has 178 valence electrons. The first kappa shape index (κ1) is 26.5. The number of benzene rings is 3. The highest BCUT2D eigenvalue weighted by Crippen LogP contribution is 2.29. The van der Waals surface area contributed by atoms with E-state index >= 15 is 0 Å². The molecule has 0 atom stereocenters. The van der Waals surface area contributed by atoms with Gasteiger partial charge >= 0.3 is 0 Å². The van der Waals surface area contributed by atoms with Gasteiger partial charge in [-0.2, -0.15) is 0 Å². The highest BCUT2D eigenvalue weighted by Gasteiger charge is 2.21. The number of carbonyl (C=O) groups is 2. The van der Waals surface area contributed by atoms with Crippen LogP contribution in [0.2, 0.25) is 20.1 Å². The summed E-state index contributed by atoms with van der Waals surface area (Å²) in [4.78, 5) is 24.9. The third kappa shape index (κ3) is 7.18. The van der Waals surface area contributed by atoms with E-state index in [1.807, 2.05) is 0 Å². The van der Waals surface area contributed by atoms with E-state index in [9.17, 15) is 18.0 Å². The quantitative estimate of drug-likeness (QED) is 0.248. The van der Waals surface area contributed by atoms with Crippen LogP contribution in [0, 0.1) is 0 Å². The molecule has 3 aromatic carbocycles. The minimum atomic E-state index is -4.11. The van der Waals surface area contributed by atoms with Gasteiger partial charge in [-0.15, -0.1) is 11.8 Å². The molecule has 0 heterocycles. The van der Waals surface area contributed by atoms with Gasteiger partial charge in [0, 0.05) is 26.2 Å². The van der Waals surface area contributed by atoms with Gasteiger partial charge in [-0.05, 0) is 60.7 Å². The molecule has 3 rings (SSSR count). The topological polar surface area (TPSA) is 104 Å². The first-order chi connectivity index (χ1) is 16.0. The lowest BCUT2D eigenvalue weighted by Crippen LogP contribution is -2.42. The Morgan fingerprint density at radius 3 is 2.15 bits per heavy atom. The summed E-state index contributed by atoms with van der Waals surface area (Å²) in [6.45, 7) is 0. The minimum absolute atomic E-state index is 0.0354. The zero-order valence-electron chi connectivity index (χ0n) is 16.9. The summed E-state index contributed by atoms with van der Waals surface area (Å²) in [5, 5.41) is 1.26. The molecule has 0 spiro atoms. The lowest BCUT2D eigenvalue weighted by molar-refractivity contribution is -0.119. The molecule has 0 bridgehead atoms. The fourth-order valence-corrected chi connectivity index (χ4v) is 5.55. The van der Waals surface area contributed by atoms with E-state index in [0.717, 1.165) is 17.8 Å². The smallest absolute Gasteiger partial charge is 0.269 e. The minimum Gasteiger partial charge on any atom is -0.280 e. The summed E-state index contributed by atoms with van der Waals surface area (Å²) in [7, 11) is -4.11. The van der Waals surface area contributed by atoms with Gasteiger partial charge in [-0.3, -0.25) is 25.2 Å². The summed E-state index contributed by atoms with van der Waals surface area (Å²) in [6, 6.07) is 14.6. The van der Waals surface area contributed by atoms with Gasteiger partial charge in [0.2, 0.25) is 5.91 Å². The predicted molar refractivity (Wildman–Crippen MR) is 137 cm³/mol. The molecule has 0 aliphatic heterocycles. The van der Waals surface area contributed by atoms with Crippen molar-refractivity contribution in [2.45, 2.75) is 9.79 Å². The molecule has 0 saturated heterocycles. The van der Waals surface area contributed by atoms with Gasteiger partial charge in [0.25, 0.3) is 15.9 Å². The molecule has 3 aromatic rings. The molecule has 0 radical (unpaired) electrons. The van der Waals surface area contributed by atoms with Gasteiger partial charge in [-0.1, -0.05) is 46.4 Å². The second kappa shape index (κ2) is 11.5. The zero-order chi connectivity index (χ0) is 24.9. The Morgan fingerprint density at radius 1 is 0.794 bits per heavy atom. The Balaban J connectivity index is 1.64. The molecule has 34 heavy (non-hydrogen) atoms. The molecule has 7 nitrogen and oxygen atoms in total. The van der Waals surface area contributed by atoms with E-state index in [0.29, 0.717) is 20.0 Å². The van der Waals surface area contributed by atoms with Crippen molar-refractivity contribution in [1.82, 2.24) is 10.9 Å². The first-order valence-corrected chi connectivity index (χ1v) is 13.3. The molecular weight excluding hydrogens is 564 g/mol. The van der Waals surface area contributed by atoms with E-state index in [1.165, 1.54) is 36.4 Å². The van der Waals surface area contributed by atoms with E-state index in [2.05, 4.69) is 15.6 Å². The fourth-order valence-electron chi connectivity index (χ4n) is 2.54. The van der Waals surface area contributed by atoms with Crippen LogP contribution in [-0.2, 0) is 14.8 Å². The Labute approximate surface area is 220 Å². The van der Waals surface area contributed by atoms with Crippen molar-refractivity contribution in [1.29, 1.82) is 0 Å². The number of amides is 2. The number of carbonyl (C=O) groups excluding carboxylic acids is 2. The molecule has 3 N–H and O–H groups in total. The number of hydrazine groups is 1. The lowest BCUT2D eigenvalue weighted by atomic mass is 10.2. The molecule has 0 fully saturated rings. The van der Waals surface area contributed by atoms with Crippen LogP contribution in [0.1, 0.15) is 10.4 Å². The zero-order valence-corrected chi connectivity index (χ0v) is 21.6. The second-order valence-electron chi connectivity index (χ2n) is 6.62. The maximum Gasteiger partial charge on any atom is 0.269 e. The van der Waals surface area contributed by atoms with Crippen LogP contribution in [0.15, 0.2) is 70.5 Å². The van der Waals surface area contributed by atoms with E-state index < -0.39 is 21.8 Å². The SMILES string of the molecule is O=C(CSc1cc(Cl)ccc1Cl)NNC(=O)c1ccc(Cl)c(S(=O)(=O)Nc2ccc(Cl)cc2)c1. The summed E-state index contributed by atoms with van der Waals surface area (Å²) < 4.78 is 27.9. The highest BCUT2D eigenvalue weighted by atomic mass is 35.5. The third-order valence-electron chi connectivity index (χ3n) is 4.15. The largest absolute Gasteiger partial charge is 0.280 e. The number of nitrogens with one attached hydrogen (secondary N) is 3. The summed E-state index contributed by atoms with van der Waals surface area (Å²) in [5.74, 6) is -1.30. The van der Waals surface area contributed by atoms with Crippen molar-refractivity contribution >= 4 is 85.7 Å². The monoisotopic (exact) mass is 577 g/mol. The average Bonchev–Trinajstić information content (AvgIpc) is 2.79. The van der Waals surface area contributed by atoms with Crippen LogP contribution in [0.5, 0.6) is 0 Å². The highest BCUT2D eigenvalue weighted by molar-refractivity contribution is 8.00. The van der Waals surface area contributed by atoms with Crippen LogP contribution in [0.25, 0.3) is 0 Å². The number of sulfonamides is 1. The van der Waals surface area contributed by atoms with Crippen LogP contribution in [-0.4, -0.2) is 26.0 Å². The van der Waals surface area contributed by atoms with E-state index in [4.69, 9.17) is 46.4 Å². The lowest BCUT2D eigenvalue weighted by Gasteiger charge is -2.12. The fraction of sp³-hybridized carbons (Fsp3) is 0.0476. The van der Waals surface area contributed by atoms with E-state index in [-0.39, 0.29) is 26.9 Å².